The van der Waals surface area contributed by atoms with E-state index in [1.165, 1.54) is 116 Å². The Morgan fingerprint density at radius 3 is 1.00 bits per heavy atom. The Morgan fingerprint density at radius 1 is 0.440 bits per heavy atom. The first-order valence-electron chi connectivity index (χ1n) is 11.6. The molecule has 2 heteroatoms. The van der Waals surface area contributed by atoms with Crippen molar-refractivity contribution < 1.29 is 0 Å². The number of hydrogen-bond donors (Lipinski definition) is 2. The molecular formula is C23H50N2. The topological polar surface area (TPSA) is 52.0 Å². The van der Waals surface area contributed by atoms with Crippen LogP contribution < -0.4 is 11.5 Å². The maximum atomic E-state index is 6.13. The predicted molar refractivity (Wildman–Crippen MR) is 115 cm³/mol. The van der Waals surface area contributed by atoms with Crippen LogP contribution in [0.1, 0.15) is 129 Å². The van der Waals surface area contributed by atoms with Crippen molar-refractivity contribution in [3.8, 4) is 0 Å². The monoisotopic (exact) mass is 354 g/mol. The molecule has 0 aromatic carbocycles. The Balaban J connectivity index is 3.70. The van der Waals surface area contributed by atoms with Crippen molar-refractivity contribution in [2.45, 2.75) is 129 Å². The van der Waals surface area contributed by atoms with Gasteiger partial charge in [-0.3, -0.25) is 0 Å². The summed E-state index contributed by atoms with van der Waals surface area (Å²) in [6.07, 6.45) is 24.6. The normalized spacial score (nSPS) is 12.0. The van der Waals surface area contributed by atoms with Crippen molar-refractivity contribution in [1.82, 2.24) is 0 Å². The average Bonchev–Trinajstić information content (AvgIpc) is 2.64. The first-order valence-corrected chi connectivity index (χ1v) is 11.6. The van der Waals surface area contributed by atoms with Crippen LogP contribution in [0.3, 0.4) is 0 Å². The summed E-state index contributed by atoms with van der Waals surface area (Å²) >= 11 is 0. The zero-order valence-corrected chi connectivity index (χ0v) is 17.8. The molecule has 0 fully saturated rings. The van der Waals surface area contributed by atoms with Gasteiger partial charge in [-0.1, -0.05) is 117 Å². The highest BCUT2D eigenvalue weighted by Crippen LogP contribution is 2.30. The fraction of sp³-hybridized carbons (Fsp3) is 1.00. The molecule has 0 aliphatic rings. The van der Waals surface area contributed by atoms with E-state index in [1.54, 1.807) is 0 Å². The Kier molecular flexibility index (Phi) is 18.6. The van der Waals surface area contributed by atoms with Crippen molar-refractivity contribution >= 4 is 0 Å². The lowest BCUT2D eigenvalue weighted by atomic mass is 9.78. The average molecular weight is 355 g/mol. The molecule has 0 aromatic rings. The van der Waals surface area contributed by atoms with E-state index in [4.69, 9.17) is 11.5 Å². The van der Waals surface area contributed by atoms with Crippen molar-refractivity contribution in [1.29, 1.82) is 0 Å². The zero-order valence-electron chi connectivity index (χ0n) is 17.8. The molecular weight excluding hydrogens is 304 g/mol. The van der Waals surface area contributed by atoms with E-state index < -0.39 is 0 Å². The van der Waals surface area contributed by atoms with Gasteiger partial charge in [0, 0.05) is 0 Å². The third-order valence-corrected chi connectivity index (χ3v) is 5.99. The number of unbranched alkanes of at least 4 members (excludes halogenated alkanes) is 14. The molecule has 0 rings (SSSR count). The quantitative estimate of drug-likeness (QED) is 0.232. The molecule has 0 aliphatic heterocycles. The van der Waals surface area contributed by atoms with Gasteiger partial charge < -0.3 is 11.5 Å². The van der Waals surface area contributed by atoms with Crippen LogP contribution in [0.2, 0.25) is 0 Å². The van der Waals surface area contributed by atoms with Gasteiger partial charge in [0.1, 0.15) is 0 Å². The lowest BCUT2D eigenvalue weighted by Crippen LogP contribution is -2.38. The van der Waals surface area contributed by atoms with Gasteiger partial charge in [-0.15, -0.1) is 0 Å². The minimum absolute atomic E-state index is 0.227. The van der Waals surface area contributed by atoms with E-state index in [0.29, 0.717) is 0 Å². The van der Waals surface area contributed by atoms with E-state index in [-0.39, 0.29) is 5.41 Å². The molecule has 0 radical (unpaired) electrons. The third kappa shape index (κ3) is 14.7. The van der Waals surface area contributed by atoms with E-state index >= 15 is 0 Å². The smallest absolute Gasteiger partial charge is 0.000844 e. The summed E-state index contributed by atoms with van der Waals surface area (Å²) in [6.45, 7) is 6.12. The minimum atomic E-state index is 0.227. The highest BCUT2D eigenvalue weighted by molar-refractivity contribution is 4.81. The maximum absolute atomic E-state index is 6.13. The van der Waals surface area contributed by atoms with Gasteiger partial charge in [0.15, 0.2) is 0 Å². The molecule has 0 amide bonds. The molecule has 0 heterocycles. The van der Waals surface area contributed by atoms with Gasteiger partial charge in [0.25, 0.3) is 0 Å². The van der Waals surface area contributed by atoms with Crippen molar-refractivity contribution in [2.75, 3.05) is 13.1 Å². The highest BCUT2D eigenvalue weighted by atomic mass is 14.7. The largest absolute Gasteiger partial charge is 0.330 e. The molecule has 2 nitrogen and oxygen atoms in total. The molecule has 4 N–H and O–H groups in total. The molecule has 0 saturated carbocycles. The van der Waals surface area contributed by atoms with E-state index in [2.05, 4.69) is 13.8 Å². The second kappa shape index (κ2) is 18.7. The minimum Gasteiger partial charge on any atom is -0.330 e. The molecule has 0 bridgehead atoms. The lowest BCUT2D eigenvalue weighted by molar-refractivity contribution is 0.241. The molecule has 25 heavy (non-hydrogen) atoms. The van der Waals surface area contributed by atoms with Crippen LogP contribution in [-0.4, -0.2) is 13.1 Å². The predicted octanol–water partition coefficient (Wildman–Crippen LogP) is 6.95. The van der Waals surface area contributed by atoms with E-state index in [0.717, 1.165) is 13.1 Å². The van der Waals surface area contributed by atoms with Gasteiger partial charge in [-0.25, -0.2) is 0 Å². The molecule has 0 unspecified atom stereocenters. The van der Waals surface area contributed by atoms with Gasteiger partial charge >= 0.3 is 0 Å². The van der Waals surface area contributed by atoms with Crippen molar-refractivity contribution in [3.63, 3.8) is 0 Å². The fourth-order valence-electron chi connectivity index (χ4n) is 3.88. The Morgan fingerprint density at radius 2 is 0.720 bits per heavy atom. The summed E-state index contributed by atoms with van der Waals surface area (Å²) < 4.78 is 0. The first kappa shape index (κ1) is 24.9. The maximum Gasteiger partial charge on any atom is -0.000844 e. The summed E-state index contributed by atoms with van der Waals surface area (Å²) in [4.78, 5) is 0. The van der Waals surface area contributed by atoms with Gasteiger partial charge in [-0.05, 0) is 31.3 Å². The SMILES string of the molecule is CCCCCCCCCCC(CN)(CN)CCCCCCCCCC. The van der Waals surface area contributed by atoms with Crippen LogP contribution in [0.4, 0.5) is 0 Å². The molecule has 152 valence electrons. The molecule has 0 aromatic heterocycles. The summed E-state index contributed by atoms with van der Waals surface area (Å²) in [6, 6.07) is 0. The van der Waals surface area contributed by atoms with Crippen molar-refractivity contribution in [2.24, 2.45) is 16.9 Å². The fourth-order valence-corrected chi connectivity index (χ4v) is 3.88. The number of hydrogen-bond acceptors (Lipinski definition) is 2. The number of nitrogens with two attached hydrogens (primary N) is 2. The zero-order chi connectivity index (χ0) is 18.6. The molecule has 0 saturated heterocycles. The van der Waals surface area contributed by atoms with Gasteiger partial charge in [0.2, 0.25) is 0 Å². The van der Waals surface area contributed by atoms with Gasteiger partial charge in [0.05, 0.1) is 0 Å². The summed E-state index contributed by atoms with van der Waals surface area (Å²) in [5.41, 5.74) is 12.5. The Hall–Kier alpha value is -0.0800. The Labute approximate surface area is 159 Å². The molecule has 0 spiro atoms. The van der Waals surface area contributed by atoms with Crippen molar-refractivity contribution in [3.05, 3.63) is 0 Å². The summed E-state index contributed by atoms with van der Waals surface area (Å²) in [5, 5.41) is 0. The first-order chi connectivity index (χ1) is 12.2. The number of rotatable bonds is 20. The second-order valence-corrected chi connectivity index (χ2v) is 8.36. The summed E-state index contributed by atoms with van der Waals surface area (Å²) in [5.74, 6) is 0. The second-order valence-electron chi connectivity index (χ2n) is 8.36. The van der Waals surface area contributed by atoms with E-state index in [9.17, 15) is 0 Å². The van der Waals surface area contributed by atoms with Crippen LogP contribution in [0.25, 0.3) is 0 Å². The van der Waals surface area contributed by atoms with Gasteiger partial charge in [-0.2, -0.15) is 0 Å². The van der Waals surface area contributed by atoms with Crippen LogP contribution in [-0.2, 0) is 0 Å². The summed E-state index contributed by atoms with van der Waals surface area (Å²) in [7, 11) is 0. The third-order valence-electron chi connectivity index (χ3n) is 5.99. The lowest BCUT2D eigenvalue weighted by Gasteiger charge is -2.31. The standard InChI is InChI=1S/C23H50N2/c1-3-5-7-9-11-13-15-17-19-23(21-24,22-25)20-18-16-14-12-10-8-6-4-2/h3-22,24-25H2,1-2H3. The van der Waals surface area contributed by atoms with Crippen LogP contribution in [0, 0.1) is 5.41 Å². The highest BCUT2D eigenvalue weighted by Gasteiger charge is 2.25. The van der Waals surface area contributed by atoms with Crippen LogP contribution in [0.15, 0.2) is 0 Å². The van der Waals surface area contributed by atoms with E-state index in [1.807, 2.05) is 0 Å². The van der Waals surface area contributed by atoms with Crippen LogP contribution >= 0.6 is 0 Å². The van der Waals surface area contributed by atoms with Crippen LogP contribution in [0.5, 0.6) is 0 Å². The molecule has 0 aliphatic carbocycles. The molecule has 0 atom stereocenters. The Bertz CT molecular complexity index is 226.